The standard InChI is InChI=1S/C13H13NO2/c15-7-13(8-16-9-13)11-3-4-12-10(6-11)2-1-5-14-12/h1-6,15H,7-9H2. The van der Waals surface area contributed by atoms with Crippen molar-refractivity contribution < 1.29 is 9.84 Å². The molecule has 0 atom stereocenters. The molecule has 3 rings (SSSR count). The van der Waals surface area contributed by atoms with Crippen molar-refractivity contribution in [1.29, 1.82) is 0 Å². The Balaban J connectivity index is 2.11. The molecule has 0 saturated carbocycles. The van der Waals surface area contributed by atoms with Crippen LogP contribution in [0.25, 0.3) is 10.9 Å². The van der Waals surface area contributed by atoms with Crippen LogP contribution < -0.4 is 0 Å². The molecule has 1 aromatic heterocycles. The second kappa shape index (κ2) is 3.54. The maximum atomic E-state index is 9.47. The summed E-state index contributed by atoms with van der Waals surface area (Å²) in [5.74, 6) is 0. The van der Waals surface area contributed by atoms with E-state index in [1.54, 1.807) is 6.20 Å². The number of rotatable bonds is 2. The molecular weight excluding hydrogens is 202 g/mol. The van der Waals surface area contributed by atoms with Gasteiger partial charge in [-0.15, -0.1) is 0 Å². The first-order valence-electron chi connectivity index (χ1n) is 5.38. The van der Waals surface area contributed by atoms with Crippen LogP contribution in [0.2, 0.25) is 0 Å². The fourth-order valence-electron chi connectivity index (χ4n) is 2.10. The smallest absolute Gasteiger partial charge is 0.0702 e. The molecule has 3 heteroatoms. The molecule has 1 saturated heterocycles. The molecular formula is C13H13NO2. The molecule has 2 heterocycles. The number of ether oxygens (including phenoxy) is 1. The van der Waals surface area contributed by atoms with Gasteiger partial charge in [-0.25, -0.2) is 0 Å². The fourth-order valence-corrected chi connectivity index (χ4v) is 2.10. The molecule has 0 aliphatic carbocycles. The number of hydrogen-bond acceptors (Lipinski definition) is 3. The molecule has 0 amide bonds. The van der Waals surface area contributed by atoms with E-state index in [1.165, 1.54) is 0 Å². The van der Waals surface area contributed by atoms with Gasteiger partial charge in [0.15, 0.2) is 0 Å². The van der Waals surface area contributed by atoms with E-state index in [0.29, 0.717) is 13.2 Å². The van der Waals surface area contributed by atoms with E-state index in [9.17, 15) is 5.11 Å². The van der Waals surface area contributed by atoms with Crippen molar-refractivity contribution >= 4 is 10.9 Å². The van der Waals surface area contributed by atoms with Gasteiger partial charge in [-0.2, -0.15) is 0 Å². The van der Waals surface area contributed by atoms with Gasteiger partial charge < -0.3 is 9.84 Å². The highest BCUT2D eigenvalue weighted by Crippen LogP contribution is 2.33. The van der Waals surface area contributed by atoms with Gasteiger partial charge >= 0.3 is 0 Å². The molecule has 0 radical (unpaired) electrons. The summed E-state index contributed by atoms with van der Waals surface area (Å²) in [6, 6.07) is 10.1. The molecule has 1 aliphatic rings. The quantitative estimate of drug-likeness (QED) is 0.825. The molecule has 3 nitrogen and oxygen atoms in total. The minimum atomic E-state index is -0.190. The van der Waals surface area contributed by atoms with E-state index in [-0.39, 0.29) is 12.0 Å². The van der Waals surface area contributed by atoms with Gasteiger partial charge in [-0.05, 0) is 23.8 Å². The van der Waals surface area contributed by atoms with Gasteiger partial charge in [0.05, 0.1) is 30.8 Å². The third-order valence-electron chi connectivity index (χ3n) is 3.27. The number of benzene rings is 1. The van der Waals surface area contributed by atoms with Gasteiger partial charge in [0, 0.05) is 11.6 Å². The number of nitrogens with zero attached hydrogens (tertiary/aromatic N) is 1. The van der Waals surface area contributed by atoms with E-state index in [4.69, 9.17) is 4.74 Å². The monoisotopic (exact) mass is 215 g/mol. The summed E-state index contributed by atoms with van der Waals surface area (Å²) in [6.07, 6.45) is 1.79. The highest BCUT2D eigenvalue weighted by atomic mass is 16.5. The maximum Gasteiger partial charge on any atom is 0.0702 e. The molecule has 0 unspecified atom stereocenters. The zero-order valence-electron chi connectivity index (χ0n) is 8.89. The van der Waals surface area contributed by atoms with Crippen LogP contribution in [0.15, 0.2) is 36.5 Å². The Hall–Kier alpha value is -1.45. The lowest BCUT2D eigenvalue weighted by atomic mass is 9.79. The summed E-state index contributed by atoms with van der Waals surface area (Å²) in [5, 5.41) is 10.6. The van der Waals surface area contributed by atoms with E-state index >= 15 is 0 Å². The SMILES string of the molecule is OCC1(c2ccc3ncccc3c2)COC1. The van der Waals surface area contributed by atoms with Crippen molar-refractivity contribution in [3.8, 4) is 0 Å². The Kier molecular flexibility index (Phi) is 2.16. The Labute approximate surface area is 93.7 Å². The first-order chi connectivity index (χ1) is 7.84. The van der Waals surface area contributed by atoms with Crippen LogP contribution in [0, 0.1) is 0 Å². The molecule has 1 aromatic carbocycles. The minimum absolute atomic E-state index is 0.138. The molecule has 0 spiro atoms. The molecule has 16 heavy (non-hydrogen) atoms. The number of aromatic nitrogens is 1. The average molecular weight is 215 g/mol. The summed E-state index contributed by atoms with van der Waals surface area (Å²) in [6.45, 7) is 1.35. The van der Waals surface area contributed by atoms with Gasteiger partial charge in [0.25, 0.3) is 0 Å². The predicted octanol–water partition coefficient (Wildman–Crippen LogP) is 1.50. The largest absolute Gasteiger partial charge is 0.395 e. The number of pyridine rings is 1. The van der Waals surface area contributed by atoms with Gasteiger partial charge in [0.2, 0.25) is 0 Å². The van der Waals surface area contributed by atoms with Crippen LogP contribution in [0.1, 0.15) is 5.56 Å². The van der Waals surface area contributed by atoms with Crippen molar-refractivity contribution in [1.82, 2.24) is 4.98 Å². The van der Waals surface area contributed by atoms with Crippen LogP contribution >= 0.6 is 0 Å². The van der Waals surface area contributed by atoms with Gasteiger partial charge in [0.1, 0.15) is 0 Å². The van der Waals surface area contributed by atoms with E-state index in [2.05, 4.69) is 11.1 Å². The molecule has 2 aromatic rings. The average Bonchev–Trinajstić information content (AvgIpc) is 2.28. The number of aliphatic hydroxyl groups is 1. The molecule has 1 aliphatic heterocycles. The number of hydrogen-bond donors (Lipinski definition) is 1. The number of aliphatic hydroxyl groups excluding tert-OH is 1. The summed E-state index contributed by atoms with van der Waals surface area (Å²) >= 11 is 0. The lowest BCUT2D eigenvalue weighted by Gasteiger charge is -2.40. The first-order valence-corrected chi connectivity index (χ1v) is 5.38. The Morgan fingerprint density at radius 3 is 2.88 bits per heavy atom. The Morgan fingerprint density at radius 1 is 1.31 bits per heavy atom. The van der Waals surface area contributed by atoms with E-state index in [1.807, 2.05) is 24.3 Å². The zero-order chi connectivity index (χ0) is 11.0. The maximum absolute atomic E-state index is 9.47. The van der Waals surface area contributed by atoms with Crippen molar-refractivity contribution in [3.63, 3.8) is 0 Å². The molecule has 82 valence electrons. The molecule has 1 N–H and O–H groups in total. The molecule has 0 bridgehead atoms. The van der Waals surface area contributed by atoms with Crippen LogP contribution in [0.3, 0.4) is 0 Å². The first kappa shape index (κ1) is 9.75. The highest BCUT2D eigenvalue weighted by molar-refractivity contribution is 5.79. The lowest BCUT2D eigenvalue weighted by Crippen LogP contribution is -2.49. The topological polar surface area (TPSA) is 42.4 Å². The van der Waals surface area contributed by atoms with E-state index < -0.39 is 0 Å². The summed E-state index contributed by atoms with van der Waals surface area (Å²) < 4.78 is 5.22. The van der Waals surface area contributed by atoms with Crippen LogP contribution in [-0.2, 0) is 10.2 Å². The normalized spacial score (nSPS) is 18.3. The van der Waals surface area contributed by atoms with Gasteiger partial charge in [-0.3, -0.25) is 4.98 Å². The second-order valence-electron chi connectivity index (χ2n) is 4.34. The van der Waals surface area contributed by atoms with Crippen molar-refractivity contribution in [3.05, 3.63) is 42.1 Å². The van der Waals surface area contributed by atoms with Crippen molar-refractivity contribution in [2.24, 2.45) is 0 Å². The minimum Gasteiger partial charge on any atom is -0.395 e. The lowest BCUT2D eigenvalue weighted by molar-refractivity contribution is -0.0841. The Bertz CT molecular complexity index is 515. The fraction of sp³-hybridized carbons (Fsp3) is 0.308. The van der Waals surface area contributed by atoms with Crippen molar-refractivity contribution in [2.75, 3.05) is 19.8 Å². The van der Waals surface area contributed by atoms with Gasteiger partial charge in [-0.1, -0.05) is 12.1 Å². The van der Waals surface area contributed by atoms with Crippen molar-refractivity contribution in [2.45, 2.75) is 5.41 Å². The summed E-state index contributed by atoms with van der Waals surface area (Å²) in [5.41, 5.74) is 1.94. The Morgan fingerprint density at radius 2 is 2.19 bits per heavy atom. The third-order valence-corrected chi connectivity index (χ3v) is 3.27. The number of fused-ring (bicyclic) bond motifs is 1. The third kappa shape index (κ3) is 1.32. The highest BCUT2D eigenvalue weighted by Gasteiger charge is 2.39. The zero-order valence-corrected chi connectivity index (χ0v) is 8.89. The summed E-state index contributed by atoms with van der Waals surface area (Å²) in [7, 11) is 0. The second-order valence-corrected chi connectivity index (χ2v) is 4.34. The van der Waals surface area contributed by atoms with E-state index in [0.717, 1.165) is 16.5 Å². The van der Waals surface area contributed by atoms with Crippen LogP contribution in [-0.4, -0.2) is 29.9 Å². The van der Waals surface area contributed by atoms with Crippen LogP contribution in [0.4, 0.5) is 0 Å². The molecule has 1 fully saturated rings. The predicted molar refractivity (Wildman–Crippen MR) is 61.3 cm³/mol. The van der Waals surface area contributed by atoms with Crippen LogP contribution in [0.5, 0.6) is 0 Å². The summed E-state index contributed by atoms with van der Waals surface area (Å²) in [4.78, 5) is 4.28.